The summed E-state index contributed by atoms with van der Waals surface area (Å²) in [6.07, 6.45) is 4.54. The van der Waals surface area contributed by atoms with Crippen LogP contribution in [-0.4, -0.2) is 16.4 Å². The summed E-state index contributed by atoms with van der Waals surface area (Å²) in [5, 5.41) is 2.83. The molecule has 0 saturated carbocycles. The maximum atomic E-state index is 12.1. The molecule has 1 aromatic heterocycles. The van der Waals surface area contributed by atoms with Crippen LogP contribution >= 0.6 is 12.4 Å². The second-order valence-electron chi connectivity index (χ2n) is 5.06. The van der Waals surface area contributed by atoms with E-state index in [1.165, 1.54) is 6.39 Å². The van der Waals surface area contributed by atoms with Crippen LogP contribution in [0.4, 0.5) is 5.69 Å². The van der Waals surface area contributed by atoms with Crippen LogP contribution in [0.5, 0.6) is 0 Å². The third-order valence-corrected chi connectivity index (χ3v) is 3.15. The van der Waals surface area contributed by atoms with Gasteiger partial charge in [0.25, 0.3) is 0 Å². The van der Waals surface area contributed by atoms with Crippen LogP contribution in [0, 0.1) is 0 Å². The van der Waals surface area contributed by atoms with Crippen LogP contribution in [0.2, 0.25) is 0 Å². The molecule has 114 valence electrons. The number of anilines is 1. The van der Waals surface area contributed by atoms with Gasteiger partial charge < -0.3 is 15.5 Å². The Bertz CT molecular complexity index is 565. The molecule has 6 heteroatoms. The highest BCUT2D eigenvalue weighted by Crippen LogP contribution is 2.21. The Morgan fingerprint density at radius 3 is 2.57 bits per heavy atom. The lowest BCUT2D eigenvalue weighted by molar-refractivity contribution is -0.120. The molecular weight excluding hydrogens is 290 g/mol. The normalized spacial score (nSPS) is 13.1. The standard InChI is InChI=1S/C15H19N3O2.ClH/c1-3-8-15(2,16)14(19)18-12-6-4-11(5-7-12)13-9-17-10-20-13;/h4-7,9-10H,3,8,16H2,1-2H3,(H,18,19);1H. The number of oxazole rings is 1. The summed E-state index contributed by atoms with van der Waals surface area (Å²) in [7, 11) is 0. The monoisotopic (exact) mass is 309 g/mol. The number of amides is 1. The maximum Gasteiger partial charge on any atom is 0.244 e. The molecule has 5 nitrogen and oxygen atoms in total. The minimum absolute atomic E-state index is 0. The van der Waals surface area contributed by atoms with E-state index < -0.39 is 5.54 Å². The van der Waals surface area contributed by atoms with Crippen molar-refractivity contribution >= 4 is 24.0 Å². The first-order valence-corrected chi connectivity index (χ1v) is 6.62. The van der Waals surface area contributed by atoms with E-state index in [0.29, 0.717) is 17.9 Å². The lowest BCUT2D eigenvalue weighted by Crippen LogP contribution is -2.48. The molecule has 0 saturated heterocycles. The van der Waals surface area contributed by atoms with Gasteiger partial charge in [0.05, 0.1) is 11.7 Å². The number of benzene rings is 1. The fourth-order valence-electron chi connectivity index (χ4n) is 1.98. The second-order valence-corrected chi connectivity index (χ2v) is 5.06. The fraction of sp³-hybridized carbons (Fsp3) is 0.333. The molecule has 1 aromatic carbocycles. The van der Waals surface area contributed by atoms with Crippen LogP contribution in [0.1, 0.15) is 26.7 Å². The van der Waals surface area contributed by atoms with Gasteiger partial charge in [-0.2, -0.15) is 0 Å². The third kappa shape index (κ3) is 4.31. The van der Waals surface area contributed by atoms with Gasteiger partial charge in [-0.3, -0.25) is 4.79 Å². The fourth-order valence-corrected chi connectivity index (χ4v) is 1.98. The van der Waals surface area contributed by atoms with Crippen molar-refractivity contribution in [3.8, 4) is 11.3 Å². The van der Waals surface area contributed by atoms with Gasteiger partial charge in [0, 0.05) is 11.3 Å². The van der Waals surface area contributed by atoms with Crippen molar-refractivity contribution in [3.05, 3.63) is 36.9 Å². The summed E-state index contributed by atoms with van der Waals surface area (Å²) >= 11 is 0. The van der Waals surface area contributed by atoms with Gasteiger partial charge in [-0.25, -0.2) is 4.98 Å². The Balaban J connectivity index is 0.00000220. The van der Waals surface area contributed by atoms with Crippen molar-refractivity contribution in [3.63, 3.8) is 0 Å². The lowest BCUT2D eigenvalue weighted by Gasteiger charge is -2.22. The number of hydrogen-bond acceptors (Lipinski definition) is 4. The van der Waals surface area contributed by atoms with Crippen molar-refractivity contribution in [1.29, 1.82) is 0 Å². The van der Waals surface area contributed by atoms with Gasteiger partial charge in [0.1, 0.15) is 0 Å². The molecule has 0 spiro atoms. The van der Waals surface area contributed by atoms with Gasteiger partial charge in [0.15, 0.2) is 12.2 Å². The average molecular weight is 310 g/mol. The smallest absolute Gasteiger partial charge is 0.244 e. The highest BCUT2D eigenvalue weighted by Gasteiger charge is 2.27. The third-order valence-electron chi connectivity index (χ3n) is 3.15. The molecule has 0 aliphatic heterocycles. The zero-order chi connectivity index (χ0) is 14.6. The van der Waals surface area contributed by atoms with Crippen LogP contribution < -0.4 is 11.1 Å². The van der Waals surface area contributed by atoms with Crippen molar-refractivity contribution in [2.45, 2.75) is 32.2 Å². The summed E-state index contributed by atoms with van der Waals surface area (Å²) in [5.74, 6) is 0.518. The molecule has 0 fully saturated rings. The van der Waals surface area contributed by atoms with E-state index in [4.69, 9.17) is 10.2 Å². The molecule has 1 heterocycles. The molecular formula is C15H20ClN3O2. The van der Waals surface area contributed by atoms with Crippen molar-refractivity contribution in [2.24, 2.45) is 5.73 Å². The van der Waals surface area contributed by atoms with Crippen LogP contribution in [0.25, 0.3) is 11.3 Å². The van der Waals surface area contributed by atoms with Gasteiger partial charge in [-0.1, -0.05) is 13.3 Å². The molecule has 0 aliphatic carbocycles. The van der Waals surface area contributed by atoms with E-state index in [1.54, 1.807) is 13.1 Å². The number of nitrogens with zero attached hydrogens (tertiary/aromatic N) is 1. The van der Waals surface area contributed by atoms with Gasteiger partial charge in [-0.15, -0.1) is 12.4 Å². The van der Waals surface area contributed by atoms with Crippen LogP contribution in [0.15, 0.2) is 41.3 Å². The number of aromatic nitrogens is 1. The summed E-state index contributed by atoms with van der Waals surface area (Å²) < 4.78 is 5.21. The van der Waals surface area contributed by atoms with Crippen molar-refractivity contribution in [1.82, 2.24) is 4.98 Å². The summed E-state index contributed by atoms with van der Waals surface area (Å²) in [4.78, 5) is 15.9. The molecule has 1 amide bonds. The maximum absolute atomic E-state index is 12.1. The van der Waals surface area contributed by atoms with E-state index >= 15 is 0 Å². The first-order chi connectivity index (χ1) is 9.53. The first kappa shape index (κ1) is 17.2. The summed E-state index contributed by atoms with van der Waals surface area (Å²) in [5.41, 5.74) is 6.76. The zero-order valence-electron chi connectivity index (χ0n) is 12.1. The second kappa shape index (κ2) is 7.24. The predicted octanol–water partition coefficient (Wildman–Crippen LogP) is 3.22. The van der Waals surface area contributed by atoms with Gasteiger partial charge in [-0.05, 0) is 37.6 Å². The first-order valence-electron chi connectivity index (χ1n) is 6.62. The Morgan fingerprint density at radius 2 is 2.05 bits per heavy atom. The molecule has 0 radical (unpaired) electrons. The van der Waals surface area contributed by atoms with Crippen LogP contribution in [-0.2, 0) is 4.79 Å². The lowest BCUT2D eigenvalue weighted by atomic mass is 9.96. The largest absolute Gasteiger partial charge is 0.444 e. The highest BCUT2D eigenvalue weighted by atomic mass is 35.5. The molecule has 1 atom stereocenters. The molecule has 0 aliphatic rings. The minimum Gasteiger partial charge on any atom is -0.444 e. The molecule has 0 bridgehead atoms. The number of nitrogens with two attached hydrogens (primary N) is 1. The van der Waals surface area contributed by atoms with E-state index in [2.05, 4.69) is 10.3 Å². The Morgan fingerprint density at radius 1 is 1.38 bits per heavy atom. The van der Waals surface area contributed by atoms with E-state index in [1.807, 2.05) is 31.2 Å². The van der Waals surface area contributed by atoms with E-state index in [-0.39, 0.29) is 18.3 Å². The van der Waals surface area contributed by atoms with Crippen LogP contribution in [0.3, 0.4) is 0 Å². The number of rotatable bonds is 5. The van der Waals surface area contributed by atoms with Crippen molar-refractivity contribution < 1.29 is 9.21 Å². The Kier molecular flexibility index (Phi) is 5.93. The molecule has 2 rings (SSSR count). The topological polar surface area (TPSA) is 81.2 Å². The number of carbonyl (C=O) groups is 1. The number of nitrogens with one attached hydrogen (secondary N) is 1. The van der Waals surface area contributed by atoms with Gasteiger partial charge >= 0.3 is 0 Å². The molecule has 21 heavy (non-hydrogen) atoms. The Hall–Kier alpha value is -1.85. The Labute approximate surface area is 130 Å². The number of hydrogen-bond donors (Lipinski definition) is 2. The number of halogens is 1. The molecule has 2 aromatic rings. The zero-order valence-corrected chi connectivity index (χ0v) is 12.9. The quantitative estimate of drug-likeness (QED) is 0.888. The summed E-state index contributed by atoms with van der Waals surface area (Å²) in [6, 6.07) is 7.36. The van der Waals surface area contributed by atoms with Crippen molar-refractivity contribution in [2.75, 3.05) is 5.32 Å². The number of carbonyl (C=O) groups excluding carboxylic acids is 1. The molecule has 1 unspecified atom stereocenters. The van der Waals surface area contributed by atoms with E-state index in [0.717, 1.165) is 12.0 Å². The van der Waals surface area contributed by atoms with E-state index in [9.17, 15) is 4.79 Å². The summed E-state index contributed by atoms with van der Waals surface area (Å²) in [6.45, 7) is 3.75. The SMILES string of the molecule is CCCC(C)(N)C(=O)Nc1ccc(-c2cnco2)cc1.Cl. The van der Waals surface area contributed by atoms with Gasteiger partial charge in [0.2, 0.25) is 5.91 Å². The highest BCUT2D eigenvalue weighted by molar-refractivity contribution is 5.97. The minimum atomic E-state index is -0.849. The molecule has 3 N–H and O–H groups in total. The predicted molar refractivity (Wildman–Crippen MR) is 85.3 cm³/mol. The average Bonchev–Trinajstić information content (AvgIpc) is 2.93.